The average molecular weight is 650 g/mol. The molecule has 15 heteroatoms. The van der Waals surface area contributed by atoms with Crippen molar-refractivity contribution in [3.8, 4) is 0 Å². The Morgan fingerprint density at radius 1 is 0.652 bits per heavy atom. The highest BCUT2D eigenvalue weighted by Gasteiger charge is 2.40. The van der Waals surface area contributed by atoms with Gasteiger partial charge in [-0.25, -0.2) is 28.8 Å². The van der Waals surface area contributed by atoms with Crippen molar-refractivity contribution in [1.82, 2.24) is 14.7 Å². The summed E-state index contributed by atoms with van der Waals surface area (Å²) in [5.41, 5.74) is 0. The standard InChI is InChI=1S/C19H31N3.3C4H4O4/c1-15-13-22(12-11-21(15)14-16-7-8-16)19-9-10-20(2)18-6-4-3-5-17(18)19;3*5-3(6)1-2-4(7)8/h3-6,15-19H,7-14H2,1-2H3;3*1-2H,(H,5,6)(H,7,8)/b;3*2-1+. The predicted molar refractivity (Wildman–Crippen MR) is 165 cm³/mol. The molecule has 6 N–H and O–H groups in total. The number of carboxylic acids is 6. The molecule has 0 spiro atoms. The maximum atomic E-state index is 9.55. The Morgan fingerprint density at radius 2 is 1.09 bits per heavy atom. The lowest BCUT2D eigenvalue weighted by atomic mass is 9.81. The van der Waals surface area contributed by atoms with E-state index in [1.807, 2.05) is 0 Å². The lowest BCUT2D eigenvalue weighted by Crippen LogP contribution is -2.60. The molecule has 4 rings (SSSR count). The third-order valence-electron chi connectivity index (χ3n) is 7.44. The fraction of sp³-hybridized carbons (Fsp3) is 0.484. The Morgan fingerprint density at radius 3 is 1.48 bits per heavy atom. The second-order valence-corrected chi connectivity index (χ2v) is 11.0. The van der Waals surface area contributed by atoms with E-state index in [1.165, 1.54) is 52.0 Å². The Bertz CT molecular complexity index is 1090. The van der Waals surface area contributed by atoms with Crippen molar-refractivity contribution >= 4 is 35.8 Å². The molecule has 3 fully saturated rings. The molecule has 0 aromatic rings. The van der Waals surface area contributed by atoms with Gasteiger partial charge in [-0.1, -0.05) is 24.3 Å². The van der Waals surface area contributed by atoms with Crippen LogP contribution in [0, 0.1) is 11.8 Å². The maximum Gasteiger partial charge on any atom is 0.328 e. The summed E-state index contributed by atoms with van der Waals surface area (Å²) in [6, 6.07) is 2.09. The van der Waals surface area contributed by atoms with Crippen LogP contribution in [-0.4, -0.2) is 139 Å². The number of hydrogen-bond acceptors (Lipinski definition) is 9. The van der Waals surface area contributed by atoms with Crippen LogP contribution < -0.4 is 0 Å². The molecule has 0 bridgehead atoms. The summed E-state index contributed by atoms with van der Waals surface area (Å²) in [7, 11) is 2.29. The van der Waals surface area contributed by atoms with E-state index in [0.29, 0.717) is 48.4 Å². The topological polar surface area (TPSA) is 234 Å². The van der Waals surface area contributed by atoms with Crippen LogP contribution in [0.3, 0.4) is 0 Å². The number of likely N-dealkylation sites (tertiary alicyclic amines) is 1. The van der Waals surface area contributed by atoms with Crippen LogP contribution in [0.15, 0.2) is 60.8 Å². The smallest absolute Gasteiger partial charge is 0.328 e. The maximum absolute atomic E-state index is 9.55. The first-order valence-electron chi connectivity index (χ1n) is 14.6. The van der Waals surface area contributed by atoms with Crippen LogP contribution in [-0.2, 0) is 28.8 Å². The number of fused-ring (bicyclic) bond motifs is 1. The van der Waals surface area contributed by atoms with E-state index < -0.39 is 35.8 Å². The molecule has 4 aliphatic rings. The third-order valence-corrected chi connectivity index (χ3v) is 7.44. The summed E-state index contributed by atoms with van der Waals surface area (Å²) < 4.78 is 0. The highest BCUT2D eigenvalue weighted by atomic mass is 16.4. The van der Waals surface area contributed by atoms with Gasteiger partial charge in [-0.2, -0.15) is 0 Å². The molecule has 2 aliphatic carbocycles. The zero-order chi connectivity index (χ0) is 34.8. The minimum Gasteiger partial charge on any atom is -0.478 e. The van der Waals surface area contributed by atoms with Crippen molar-refractivity contribution in [2.24, 2.45) is 11.8 Å². The SMILES string of the molecule is CC1CN(C2CCN(C)C3C=CC=CC32)CCN1CC1CC1.O=C(O)/C=C/C(=O)O.O=C(O)/C=C/C(=O)O.O=C(O)/C=C/C(=O)O. The van der Waals surface area contributed by atoms with Gasteiger partial charge in [0.05, 0.1) is 0 Å². The van der Waals surface area contributed by atoms with Gasteiger partial charge in [0.15, 0.2) is 0 Å². The fourth-order valence-corrected chi connectivity index (χ4v) is 5.17. The number of nitrogens with zero attached hydrogens (tertiary/aromatic N) is 3. The number of allylic oxidation sites excluding steroid dienone is 2. The minimum atomic E-state index is -1.26. The molecular weight excluding hydrogens is 606 g/mol. The summed E-state index contributed by atoms with van der Waals surface area (Å²) in [5, 5.41) is 46.9. The molecule has 254 valence electrons. The number of likely N-dealkylation sites (N-methyl/N-ethyl adjacent to an activating group) is 1. The number of piperidine rings is 1. The minimum absolute atomic E-state index is 0.558. The molecule has 0 radical (unpaired) electrons. The lowest BCUT2D eigenvalue weighted by Gasteiger charge is -2.50. The second-order valence-electron chi connectivity index (χ2n) is 11.0. The Hall–Kier alpha value is -4.60. The highest BCUT2D eigenvalue weighted by Crippen LogP contribution is 2.34. The molecule has 2 heterocycles. The van der Waals surface area contributed by atoms with E-state index in [1.54, 1.807) is 0 Å². The average Bonchev–Trinajstić information content (AvgIpc) is 3.81. The van der Waals surface area contributed by atoms with E-state index in [0.717, 1.165) is 18.0 Å². The number of rotatable bonds is 9. The van der Waals surface area contributed by atoms with Gasteiger partial charge in [0.2, 0.25) is 0 Å². The molecule has 15 nitrogen and oxygen atoms in total. The zero-order valence-electron chi connectivity index (χ0n) is 25.8. The first-order valence-corrected chi connectivity index (χ1v) is 14.6. The fourth-order valence-electron chi connectivity index (χ4n) is 5.17. The molecule has 46 heavy (non-hydrogen) atoms. The molecule has 4 unspecified atom stereocenters. The number of carboxylic acid groups (broad SMARTS) is 6. The summed E-state index contributed by atoms with van der Waals surface area (Å²) in [5.74, 6) is -5.83. The zero-order valence-corrected chi connectivity index (χ0v) is 25.8. The summed E-state index contributed by atoms with van der Waals surface area (Å²) in [4.78, 5) is 65.4. The van der Waals surface area contributed by atoms with Gasteiger partial charge in [-0.15, -0.1) is 0 Å². The van der Waals surface area contributed by atoms with Crippen molar-refractivity contribution in [2.75, 3.05) is 39.8 Å². The predicted octanol–water partition coefficient (Wildman–Crippen LogP) is 1.35. The van der Waals surface area contributed by atoms with Gasteiger partial charge in [0, 0.05) is 86.7 Å². The number of hydrogen-bond donors (Lipinski definition) is 6. The number of piperazine rings is 1. The molecule has 0 amide bonds. The van der Waals surface area contributed by atoms with Crippen LogP contribution in [0.4, 0.5) is 0 Å². The van der Waals surface area contributed by atoms with Crippen LogP contribution >= 0.6 is 0 Å². The molecule has 0 aromatic heterocycles. The number of aliphatic carboxylic acids is 6. The van der Waals surface area contributed by atoms with Crippen LogP contribution in [0.2, 0.25) is 0 Å². The third kappa shape index (κ3) is 17.0. The van der Waals surface area contributed by atoms with Crippen molar-refractivity contribution in [3.63, 3.8) is 0 Å². The van der Waals surface area contributed by atoms with Gasteiger partial charge in [-0.05, 0) is 45.7 Å². The van der Waals surface area contributed by atoms with Gasteiger partial charge >= 0.3 is 35.8 Å². The van der Waals surface area contributed by atoms with E-state index in [2.05, 4.69) is 53.0 Å². The van der Waals surface area contributed by atoms with E-state index in [4.69, 9.17) is 30.6 Å². The summed E-state index contributed by atoms with van der Waals surface area (Å²) in [6.45, 7) is 8.85. The first kappa shape index (κ1) is 39.4. The second kappa shape index (κ2) is 20.4. The lowest BCUT2D eigenvalue weighted by molar-refractivity contribution is -0.134. The Kier molecular flexibility index (Phi) is 17.5. The first-order chi connectivity index (χ1) is 21.6. The quantitative estimate of drug-likeness (QED) is 0.194. The van der Waals surface area contributed by atoms with Crippen LogP contribution in [0.5, 0.6) is 0 Å². The van der Waals surface area contributed by atoms with Crippen molar-refractivity contribution < 1.29 is 59.4 Å². The largest absolute Gasteiger partial charge is 0.478 e. The summed E-state index contributed by atoms with van der Waals surface area (Å²) >= 11 is 0. The van der Waals surface area contributed by atoms with Gasteiger partial charge in [0.25, 0.3) is 0 Å². The summed E-state index contributed by atoms with van der Waals surface area (Å²) in [6.07, 6.45) is 17.0. The van der Waals surface area contributed by atoms with Crippen molar-refractivity contribution in [3.05, 3.63) is 60.8 Å². The molecule has 1 saturated carbocycles. The normalized spacial score (nSPS) is 24.5. The molecule has 2 aliphatic heterocycles. The van der Waals surface area contributed by atoms with Crippen LogP contribution in [0.25, 0.3) is 0 Å². The van der Waals surface area contributed by atoms with Gasteiger partial charge in [0.1, 0.15) is 0 Å². The van der Waals surface area contributed by atoms with E-state index in [9.17, 15) is 28.8 Å². The number of carbonyl (C=O) groups is 6. The van der Waals surface area contributed by atoms with Gasteiger partial charge < -0.3 is 30.6 Å². The Balaban J connectivity index is 0.000000367. The Labute approximate surface area is 266 Å². The molecule has 2 saturated heterocycles. The van der Waals surface area contributed by atoms with Crippen LogP contribution in [0.1, 0.15) is 26.2 Å². The van der Waals surface area contributed by atoms with Crippen molar-refractivity contribution in [2.45, 2.75) is 44.3 Å². The molecular formula is C31H43N3O12. The highest BCUT2D eigenvalue weighted by molar-refractivity contribution is 5.90. The van der Waals surface area contributed by atoms with E-state index in [-0.39, 0.29) is 0 Å². The monoisotopic (exact) mass is 649 g/mol. The molecule has 0 aromatic carbocycles. The van der Waals surface area contributed by atoms with Gasteiger partial charge in [-0.3, -0.25) is 14.7 Å². The molecule has 4 atom stereocenters. The van der Waals surface area contributed by atoms with Crippen molar-refractivity contribution in [1.29, 1.82) is 0 Å². The van der Waals surface area contributed by atoms with E-state index >= 15 is 0 Å².